The van der Waals surface area contributed by atoms with E-state index in [1.165, 1.54) is 23.5 Å². The molecule has 0 aliphatic heterocycles. The minimum absolute atomic E-state index is 0.0266. The van der Waals surface area contributed by atoms with Gasteiger partial charge in [-0.1, -0.05) is 6.42 Å². The fraction of sp³-hybridized carbons (Fsp3) is 0.500. The minimum atomic E-state index is -3.77. The van der Waals surface area contributed by atoms with Crippen LogP contribution in [-0.2, 0) is 19.9 Å². The second kappa shape index (κ2) is 5.01. The molecule has 1 aliphatic rings. The molecule has 0 aromatic heterocycles. The van der Waals surface area contributed by atoms with Crippen molar-refractivity contribution in [2.75, 3.05) is 19.0 Å². The van der Waals surface area contributed by atoms with Gasteiger partial charge in [-0.3, -0.25) is 0 Å². The highest BCUT2D eigenvalue weighted by molar-refractivity contribution is 7.91. The molecule has 1 saturated carbocycles. The van der Waals surface area contributed by atoms with Gasteiger partial charge < -0.3 is 5.73 Å². The van der Waals surface area contributed by atoms with Crippen molar-refractivity contribution in [3.05, 3.63) is 18.2 Å². The molecule has 0 heterocycles. The maximum absolute atomic E-state index is 12.5. The molecule has 0 saturated heterocycles. The van der Waals surface area contributed by atoms with Crippen LogP contribution in [0.1, 0.15) is 19.3 Å². The number of sulfonamides is 1. The maximum Gasteiger partial charge on any atom is 0.245 e. The van der Waals surface area contributed by atoms with E-state index in [2.05, 4.69) is 0 Å². The third kappa shape index (κ3) is 2.68. The van der Waals surface area contributed by atoms with Crippen LogP contribution < -0.4 is 5.73 Å². The van der Waals surface area contributed by atoms with E-state index in [1.807, 2.05) is 0 Å². The van der Waals surface area contributed by atoms with E-state index in [9.17, 15) is 16.8 Å². The quantitative estimate of drug-likeness (QED) is 0.830. The molecule has 112 valence electrons. The summed E-state index contributed by atoms with van der Waals surface area (Å²) in [4.78, 5) is -0.192. The third-order valence-electron chi connectivity index (χ3n) is 3.66. The molecule has 2 N–H and O–H groups in total. The van der Waals surface area contributed by atoms with Crippen LogP contribution in [0.15, 0.2) is 28.0 Å². The van der Waals surface area contributed by atoms with Gasteiger partial charge in [0.2, 0.25) is 10.0 Å². The molecular weight excluding hydrogens is 300 g/mol. The number of hydrogen-bond acceptors (Lipinski definition) is 5. The molecule has 1 aromatic carbocycles. The van der Waals surface area contributed by atoms with Gasteiger partial charge in [-0.05, 0) is 31.0 Å². The minimum Gasteiger partial charge on any atom is -0.398 e. The fourth-order valence-corrected chi connectivity index (χ4v) is 4.35. The number of nitrogens with zero attached hydrogens (tertiary/aromatic N) is 1. The first-order valence-electron chi connectivity index (χ1n) is 6.21. The van der Waals surface area contributed by atoms with Gasteiger partial charge >= 0.3 is 0 Å². The van der Waals surface area contributed by atoms with Gasteiger partial charge in [0.25, 0.3) is 0 Å². The van der Waals surface area contributed by atoms with Crippen molar-refractivity contribution in [2.24, 2.45) is 0 Å². The fourth-order valence-electron chi connectivity index (χ4n) is 2.07. The van der Waals surface area contributed by atoms with Crippen molar-refractivity contribution < 1.29 is 16.8 Å². The second-order valence-electron chi connectivity index (χ2n) is 5.08. The van der Waals surface area contributed by atoms with E-state index in [0.29, 0.717) is 0 Å². The summed E-state index contributed by atoms with van der Waals surface area (Å²) < 4.78 is 49.4. The summed E-state index contributed by atoms with van der Waals surface area (Å²) in [6.45, 7) is 0. The predicted octanol–water partition coefficient (Wildman–Crippen LogP) is 0.845. The van der Waals surface area contributed by atoms with Gasteiger partial charge in [-0.2, -0.15) is 4.31 Å². The van der Waals surface area contributed by atoms with Crippen LogP contribution in [-0.4, -0.2) is 40.5 Å². The molecule has 1 fully saturated rings. The van der Waals surface area contributed by atoms with Gasteiger partial charge in [0.1, 0.15) is 4.90 Å². The van der Waals surface area contributed by atoms with Crippen LogP contribution in [0.5, 0.6) is 0 Å². The van der Waals surface area contributed by atoms with Crippen LogP contribution in [0.4, 0.5) is 5.69 Å². The zero-order chi connectivity index (χ0) is 15.1. The monoisotopic (exact) mass is 318 g/mol. The molecule has 2 rings (SSSR count). The Morgan fingerprint density at radius 3 is 2.25 bits per heavy atom. The van der Waals surface area contributed by atoms with Crippen molar-refractivity contribution in [3.8, 4) is 0 Å². The first-order valence-corrected chi connectivity index (χ1v) is 9.55. The lowest BCUT2D eigenvalue weighted by Gasteiger charge is -2.34. The highest BCUT2D eigenvalue weighted by atomic mass is 32.2. The SMILES string of the molecule is CN(C1CCC1)S(=O)(=O)c1cc(S(C)(=O)=O)ccc1N. The Labute approximate surface area is 119 Å². The summed E-state index contributed by atoms with van der Waals surface area (Å²) in [6, 6.07) is 3.74. The molecule has 8 heteroatoms. The molecule has 0 atom stereocenters. The van der Waals surface area contributed by atoms with Gasteiger partial charge in [0, 0.05) is 19.3 Å². The lowest BCUT2D eigenvalue weighted by molar-refractivity contribution is 0.250. The van der Waals surface area contributed by atoms with Gasteiger partial charge in [0.15, 0.2) is 9.84 Å². The van der Waals surface area contributed by atoms with Crippen molar-refractivity contribution >= 4 is 25.5 Å². The lowest BCUT2D eigenvalue weighted by Crippen LogP contribution is -2.41. The number of anilines is 1. The van der Waals surface area contributed by atoms with Crippen LogP contribution in [0.25, 0.3) is 0 Å². The van der Waals surface area contributed by atoms with Crippen LogP contribution in [0.2, 0.25) is 0 Å². The zero-order valence-corrected chi connectivity index (χ0v) is 13.0. The van der Waals surface area contributed by atoms with Crippen LogP contribution in [0, 0.1) is 0 Å². The number of sulfone groups is 1. The van der Waals surface area contributed by atoms with Crippen LogP contribution >= 0.6 is 0 Å². The van der Waals surface area contributed by atoms with Crippen LogP contribution in [0.3, 0.4) is 0 Å². The number of rotatable bonds is 4. The lowest BCUT2D eigenvalue weighted by atomic mass is 9.94. The van der Waals surface area contributed by atoms with Gasteiger partial charge in [-0.15, -0.1) is 0 Å². The van der Waals surface area contributed by atoms with E-state index in [-0.39, 0.29) is 21.5 Å². The molecule has 0 unspecified atom stereocenters. The number of benzene rings is 1. The van der Waals surface area contributed by atoms with Gasteiger partial charge in [0.05, 0.1) is 10.6 Å². The Balaban J connectivity index is 2.50. The average molecular weight is 318 g/mol. The normalized spacial score (nSPS) is 17.1. The molecule has 1 aliphatic carbocycles. The van der Waals surface area contributed by atoms with E-state index in [4.69, 9.17) is 5.73 Å². The summed E-state index contributed by atoms with van der Waals surface area (Å²) in [5.41, 5.74) is 5.77. The number of nitrogens with two attached hydrogens (primary N) is 1. The van der Waals surface area contributed by atoms with E-state index >= 15 is 0 Å². The Hall–Kier alpha value is -1.12. The summed E-state index contributed by atoms with van der Waals surface area (Å²) in [5.74, 6) is 0. The Kier molecular flexibility index (Phi) is 3.83. The molecular formula is C12H18N2O4S2. The third-order valence-corrected chi connectivity index (χ3v) is 6.74. The number of hydrogen-bond donors (Lipinski definition) is 1. The Bertz CT molecular complexity index is 722. The largest absolute Gasteiger partial charge is 0.398 e. The Morgan fingerprint density at radius 1 is 1.20 bits per heavy atom. The highest BCUT2D eigenvalue weighted by Gasteiger charge is 2.33. The second-order valence-corrected chi connectivity index (χ2v) is 9.06. The first kappa shape index (κ1) is 15.3. The van der Waals surface area contributed by atoms with Crippen molar-refractivity contribution in [2.45, 2.75) is 35.1 Å². The van der Waals surface area contributed by atoms with E-state index in [0.717, 1.165) is 31.6 Å². The topological polar surface area (TPSA) is 97.5 Å². The molecule has 1 aromatic rings. The predicted molar refractivity (Wildman–Crippen MR) is 76.6 cm³/mol. The highest BCUT2D eigenvalue weighted by Crippen LogP contribution is 2.31. The average Bonchev–Trinajstić information content (AvgIpc) is 2.25. The Morgan fingerprint density at radius 2 is 1.80 bits per heavy atom. The number of nitrogen functional groups attached to an aromatic ring is 1. The summed E-state index contributed by atoms with van der Waals surface area (Å²) >= 11 is 0. The van der Waals surface area contributed by atoms with Crippen molar-refractivity contribution in [3.63, 3.8) is 0 Å². The summed E-state index contributed by atoms with van der Waals surface area (Å²) in [5, 5.41) is 0. The molecule has 0 spiro atoms. The smallest absolute Gasteiger partial charge is 0.245 e. The molecule has 20 heavy (non-hydrogen) atoms. The maximum atomic E-state index is 12.5. The molecule has 0 amide bonds. The molecule has 0 radical (unpaired) electrons. The standard InChI is InChI=1S/C12H18N2O4S2/c1-14(9-4-3-5-9)20(17,18)12-8-10(19(2,15)16)6-7-11(12)13/h6-9H,3-5,13H2,1-2H3. The molecule has 0 bridgehead atoms. The van der Waals surface area contributed by atoms with E-state index < -0.39 is 19.9 Å². The molecule has 6 nitrogen and oxygen atoms in total. The van der Waals surface area contributed by atoms with E-state index in [1.54, 1.807) is 0 Å². The first-order chi connectivity index (χ1) is 9.14. The zero-order valence-electron chi connectivity index (χ0n) is 11.4. The van der Waals surface area contributed by atoms with Crippen molar-refractivity contribution in [1.82, 2.24) is 4.31 Å². The summed E-state index contributed by atoms with van der Waals surface area (Å²) in [7, 11) is -5.74. The summed E-state index contributed by atoms with van der Waals surface area (Å²) in [6.07, 6.45) is 3.68. The van der Waals surface area contributed by atoms with Gasteiger partial charge in [-0.25, -0.2) is 16.8 Å². The van der Waals surface area contributed by atoms with Crippen molar-refractivity contribution in [1.29, 1.82) is 0 Å².